The number of phenols is 1. The van der Waals surface area contributed by atoms with Crippen LogP contribution in [0, 0.1) is 5.92 Å². The van der Waals surface area contributed by atoms with Gasteiger partial charge in [0.2, 0.25) is 0 Å². The molecule has 0 spiro atoms. The number of hydrogen-bond donors (Lipinski definition) is 1. The molecule has 1 unspecified atom stereocenters. The third-order valence-electron chi connectivity index (χ3n) is 2.42. The van der Waals surface area contributed by atoms with Gasteiger partial charge in [-0.1, -0.05) is 32.9 Å². The molecule has 0 bridgehead atoms. The summed E-state index contributed by atoms with van der Waals surface area (Å²) >= 11 is 0. The van der Waals surface area contributed by atoms with E-state index < -0.39 is 0 Å². The summed E-state index contributed by atoms with van der Waals surface area (Å²) in [6.45, 7) is 6.62. The van der Waals surface area contributed by atoms with Crippen LogP contribution < -0.4 is 0 Å². The molecule has 0 aliphatic carbocycles. The average Bonchev–Trinajstić information content (AvgIpc) is 2.04. The van der Waals surface area contributed by atoms with Crippen molar-refractivity contribution in [1.82, 2.24) is 0 Å². The first-order valence-corrected chi connectivity index (χ1v) is 4.40. The molecule has 1 rings (SSSR count). The molecule has 1 nitrogen and oxygen atoms in total. The van der Waals surface area contributed by atoms with Crippen LogP contribution >= 0.6 is 0 Å². The normalized spacial score (nSPS) is 13.3. The van der Waals surface area contributed by atoms with Crippen molar-refractivity contribution >= 4 is 0 Å². The Balaban J connectivity index is 2.82. The molecule has 0 heterocycles. The highest BCUT2D eigenvalue weighted by Crippen LogP contribution is 2.24. The maximum Gasteiger partial charge on any atom is 0.115 e. The van der Waals surface area contributed by atoms with Crippen LogP contribution in [0.25, 0.3) is 0 Å². The summed E-state index contributed by atoms with van der Waals surface area (Å²) in [5, 5.41) is 9.08. The van der Waals surface area contributed by atoms with E-state index in [-0.39, 0.29) is 0 Å². The van der Waals surface area contributed by atoms with E-state index in [2.05, 4.69) is 20.8 Å². The Morgan fingerprint density at radius 1 is 1.00 bits per heavy atom. The van der Waals surface area contributed by atoms with Gasteiger partial charge in [-0.3, -0.25) is 0 Å². The highest BCUT2D eigenvalue weighted by Gasteiger charge is 2.08. The highest BCUT2D eigenvalue weighted by atomic mass is 16.3. The second-order valence-electron chi connectivity index (χ2n) is 3.62. The molecule has 0 aliphatic heterocycles. The van der Waals surface area contributed by atoms with E-state index in [1.165, 1.54) is 5.56 Å². The summed E-state index contributed by atoms with van der Waals surface area (Å²) in [5.41, 5.74) is 1.29. The fraction of sp³-hybridized carbons (Fsp3) is 0.455. The van der Waals surface area contributed by atoms with Crippen LogP contribution in [0.15, 0.2) is 24.3 Å². The Hall–Kier alpha value is -0.980. The van der Waals surface area contributed by atoms with E-state index >= 15 is 0 Å². The quantitative estimate of drug-likeness (QED) is 0.712. The lowest BCUT2D eigenvalue weighted by molar-refractivity contribution is 0.473. The Kier molecular flexibility index (Phi) is 2.74. The molecule has 0 amide bonds. The Bertz CT molecular complexity index is 236. The summed E-state index contributed by atoms with van der Waals surface area (Å²) in [6.07, 6.45) is 0. The molecule has 1 atom stereocenters. The third-order valence-corrected chi connectivity index (χ3v) is 2.42. The predicted molar refractivity (Wildman–Crippen MR) is 51.4 cm³/mol. The first-order valence-electron chi connectivity index (χ1n) is 4.40. The van der Waals surface area contributed by atoms with Crippen molar-refractivity contribution in [1.29, 1.82) is 0 Å². The minimum atomic E-state index is 0.342. The van der Waals surface area contributed by atoms with Crippen molar-refractivity contribution in [2.75, 3.05) is 0 Å². The van der Waals surface area contributed by atoms with Gasteiger partial charge in [-0.05, 0) is 29.5 Å². The molecule has 0 aromatic heterocycles. The molecule has 12 heavy (non-hydrogen) atoms. The van der Waals surface area contributed by atoms with Crippen LogP contribution in [0.4, 0.5) is 0 Å². The lowest BCUT2D eigenvalue weighted by atomic mass is 9.90. The number of phenolic OH excluding ortho intramolecular Hbond substituents is 1. The van der Waals surface area contributed by atoms with Crippen molar-refractivity contribution in [3.63, 3.8) is 0 Å². The van der Waals surface area contributed by atoms with E-state index in [0.29, 0.717) is 17.6 Å². The van der Waals surface area contributed by atoms with Crippen LogP contribution in [-0.4, -0.2) is 5.11 Å². The molecule has 1 aromatic rings. The molecule has 0 aliphatic rings. The Labute approximate surface area is 74.1 Å². The van der Waals surface area contributed by atoms with E-state index in [0.717, 1.165) is 0 Å². The van der Waals surface area contributed by atoms with E-state index in [1.807, 2.05) is 12.1 Å². The summed E-state index contributed by atoms with van der Waals surface area (Å²) in [7, 11) is 0. The molecule has 1 aromatic carbocycles. The standard InChI is InChI=1S/C11H16O/c1-8(2)9(3)10-4-6-11(12)7-5-10/h4-9,12H,1-3H3. The first-order chi connectivity index (χ1) is 5.61. The summed E-state index contributed by atoms with van der Waals surface area (Å²) in [5.74, 6) is 1.55. The van der Waals surface area contributed by atoms with Crippen molar-refractivity contribution in [3.05, 3.63) is 29.8 Å². The van der Waals surface area contributed by atoms with Crippen LogP contribution in [0.1, 0.15) is 32.3 Å². The van der Waals surface area contributed by atoms with Crippen molar-refractivity contribution in [3.8, 4) is 5.75 Å². The molecular formula is C11H16O. The second kappa shape index (κ2) is 3.61. The van der Waals surface area contributed by atoms with Crippen LogP contribution in [0.5, 0.6) is 5.75 Å². The van der Waals surface area contributed by atoms with Crippen LogP contribution in [-0.2, 0) is 0 Å². The number of rotatable bonds is 2. The molecule has 1 heteroatoms. The topological polar surface area (TPSA) is 20.2 Å². The highest BCUT2D eigenvalue weighted by molar-refractivity contribution is 5.28. The van der Waals surface area contributed by atoms with Gasteiger partial charge in [0.05, 0.1) is 0 Å². The molecule has 0 saturated carbocycles. The van der Waals surface area contributed by atoms with Gasteiger partial charge in [-0.15, -0.1) is 0 Å². The van der Waals surface area contributed by atoms with Gasteiger partial charge in [-0.25, -0.2) is 0 Å². The lowest BCUT2D eigenvalue weighted by Crippen LogP contribution is -2.01. The fourth-order valence-electron chi connectivity index (χ4n) is 1.16. The van der Waals surface area contributed by atoms with Gasteiger partial charge < -0.3 is 5.11 Å². The zero-order valence-corrected chi connectivity index (χ0v) is 7.91. The molecule has 1 N–H and O–H groups in total. The zero-order chi connectivity index (χ0) is 9.14. The Morgan fingerprint density at radius 2 is 1.50 bits per heavy atom. The number of benzene rings is 1. The van der Waals surface area contributed by atoms with Crippen LogP contribution in [0.2, 0.25) is 0 Å². The van der Waals surface area contributed by atoms with Gasteiger partial charge in [0.15, 0.2) is 0 Å². The van der Waals surface area contributed by atoms with E-state index in [4.69, 9.17) is 5.11 Å². The monoisotopic (exact) mass is 164 g/mol. The summed E-state index contributed by atoms with van der Waals surface area (Å²) < 4.78 is 0. The predicted octanol–water partition coefficient (Wildman–Crippen LogP) is 3.15. The maximum absolute atomic E-state index is 9.08. The van der Waals surface area contributed by atoms with Gasteiger partial charge in [0.25, 0.3) is 0 Å². The van der Waals surface area contributed by atoms with Gasteiger partial charge in [0, 0.05) is 0 Å². The SMILES string of the molecule is CC(C)C(C)c1ccc(O)cc1. The zero-order valence-electron chi connectivity index (χ0n) is 7.91. The largest absolute Gasteiger partial charge is 0.508 e. The first kappa shape index (κ1) is 9.11. The Morgan fingerprint density at radius 3 is 1.92 bits per heavy atom. The minimum absolute atomic E-state index is 0.342. The van der Waals surface area contributed by atoms with Crippen LogP contribution in [0.3, 0.4) is 0 Å². The summed E-state index contributed by atoms with van der Waals surface area (Å²) in [4.78, 5) is 0. The molecule has 0 radical (unpaired) electrons. The van der Waals surface area contributed by atoms with Crippen molar-refractivity contribution in [2.45, 2.75) is 26.7 Å². The number of aromatic hydroxyl groups is 1. The average molecular weight is 164 g/mol. The van der Waals surface area contributed by atoms with Gasteiger partial charge in [-0.2, -0.15) is 0 Å². The molecule has 66 valence electrons. The van der Waals surface area contributed by atoms with Gasteiger partial charge in [0.1, 0.15) is 5.75 Å². The van der Waals surface area contributed by atoms with Crippen molar-refractivity contribution in [2.24, 2.45) is 5.92 Å². The maximum atomic E-state index is 9.08. The molecule has 0 saturated heterocycles. The second-order valence-corrected chi connectivity index (χ2v) is 3.62. The van der Waals surface area contributed by atoms with E-state index in [1.54, 1.807) is 12.1 Å². The molecule has 0 fully saturated rings. The molecular weight excluding hydrogens is 148 g/mol. The minimum Gasteiger partial charge on any atom is -0.508 e. The van der Waals surface area contributed by atoms with E-state index in [9.17, 15) is 0 Å². The fourth-order valence-corrected chi connectivity index (χ4v) is 1.16. The number of hydrogen-bond acceptors (Lipinski definition) is 1. The van der Waals surface area contributed by atoms with Crippen molar-refractivity contribution < 1.29 is 5.11 Å². The third kappa shape index (κ3) is 2.00. The lowest BCUT2D eigenvalue weighted by Gasteiger charge is -2.15. The summed E-state index contributed by atoms with van der Waals surface area (Å²) in [6, 6.07) is 7.46. The van der Waals surface area contributed by atoms with Gasteiger partial charge >= 0.3 is 0 Å². The smallest absolute Gasteiger partial charge is 0.115 e.